The second-order valence-corrected chi connectivity index (χ2v) is 5.98. The molecule has 4 unspecified atom stereocenters. The molecule has 0 spiro atoms. The first-order valence-corrected chi connectivity index (χ1v) is 6.78. The summed E-state index contributed by atoms with van der Waals surface area (Å²) in [5, 5.41) is 2.55. The van der Waals surface area contributed by atoms with Crippen molar-refractivity contribution in [2.24, 2.45) is 29.6 Å². The Morgan fingerprint density at radius 2 is 1.89 bits per heavy atom. The number of carbonyl (C=O) groups excluding carboxylic acids is 1. The van der Waals surface area contributed by atoms with Crippen molar-refractivity contribution in [3.05, 3.63) is 24.0 Å². The van der Waals surface area contributed by atoms with E-state index in [-0.39, 0.29) is 17.5 Å². The Kier molecular flexibility index (Phi) is 2.23. The lowest BCUT2D eigenvalue weighted by atomic mass is 10.0. The fraction of sp³-hybridized carbons (Fsp3) is 0.571. The summed E-state index contributed by atoms with van der Waals surface area (Å²) in [4.78, 5) is 15.2. The van der Waals surface area contributed by atoms with Gasteiger partial charge in [-0.3, -0.25) is 4.79 Å². The van der Waals surface area contributed by atoms with Crippen molar-refractivity contribution < 1.29 is 13.6 Å². The van der Waals surface area contributed by atoms with Crippen molar-refractivity contribution in [1.82, 2.24) is 4.98 Å². The van der Waals surface area contributed by atoms with E-state index in [1.165, 1.54) is 25.3 Å². The topological polar surface area (TPSA) is 42.0 Å². The van der Waals surface area contributed by atoms with Crippen LogP contribution >= 0.6 is 0 Å². The van der Waals surface area contributed by atoms with E-state index in [1.54, 1.807) is 0 Å². The third-order valence-corrected chi connectivity index (χ3v) is 5.11. The monoisotopic (exact) mass is 264 g/mol. The van der Waals surface area contributed by atoms with Gasteiger partial charge < -0.3 is 5.32 Å². The zero-order valence-corrected chi connectivity index (χ0v) is 10.3. The molecule has 3 aliphatic carbocycles. The number of fused-ring (bicyclic) bond motifs is 5. The van der Waals surface area contributed by atoms with Gasteiger partial charge in [0.15, 0.2) is 0 Å². The van der Waals surface area contributed by atoms with Gasteiger partial charge in [0.05, 0.1) is 5.69 Å². The van der Waals surface area contributed by atoms with Crippen LogP contribution in [0.4, 0.5) is 14.5 Å². The quantitative estimate of drug-likeness (QED) is 0.834. The van der Waals surface area contributed by atoms with E-state index in [9.17, 15) is 13.6 Å². The molecule has 0 aliphatic heterocycles. The number of pyridine rings is 1. The van der Waals surface area contributed by atoms with Crippen LogP contribution in [0.1, 0.15) is 19.3 Å². The predicted octanol–water partition coefficient (Wildman–Crippen LogP) is 2.59. The minimum Gasteiger partial charge on any atom is -0.322 e. The highest BCUT2D eigenvalue weighted by Gasteiger charge is 2.67. The highest BCUT2D eigenvalue weighted by atomic mass is 19.1. The van der Waals surface area contributed by atoms with E-state index in [4.69, 9.17) is 0 Å². The number of nitrogens with zero attached hydrogens (tertiary/aromatic N) is 1. The second-order valence-electron chi connectivity index (χ2n) is 5.98. The maximum Gasteiger partial charge on any atom is 0.239 e. The lowest BCUT2D eigenvalue weighted by Crippen LogP contribution is -2.19. The maximum atomic E-state index is 13.4. The van der Waals surface area contributed by atoms with Crippen molar-refractivity contribution in [3.63, 3.8) is 0 Å². The molecule has 4 rings (SSSR count). The van der Waals surface area contributed by atoms with E-state index in [0.29, 0.717) is 23.7 Å². The first-order valence-electron chi connectivity index (χ1n) is 6.78. The van der Waals surface area contributed by atoms with Gasteiger partial charge in [0.2, 0.25) is 17.8 Å². The van der Waals surface area contributed by atoms with Gasteiger partial charge in [-0.25, -0.2) is 0 Å². The van der Waals surface area contributed by atoms with Gasteiger partial charge in [-0.2, -0.15) is 13.8 Å². The van der Waals surface area contributed by atoms with Crippen molar-refractivity contribution in [2.45, 2.75) is 19.3 Å². The van der Waals surface area contributed by atoms with Gasteiger partial charge in [0.25, 0.3) is 0 Å². The summed E-state index contributed by atoms with van der Waals surface area (Å²) in [7, 11) is 0. The summed E-state index contributed by atoms with van der Waals surface area (Å²) < 4.78 is 26.1. The van der Waals surface area contributed by atoms with Crippen LogP contribution in [0.2, 0.25) is 0 Å². The number of anilines is 1. The highest BCUT2D eigenvalue weighted by molar-refractivity contribution is 5.95. The summed E-state index contributed by atoms with van der Waals surface area (Å²) >= 11 is 0. The summed E-state index contributed by atoms with van der Waals surface area (Å²) in [5.41, 5.74) is -0.0243. The number of nitrogens with one attached hydrogen (secondary N) is 1. The van der Waals surface area contributed by atoms with Crippen molar-refractivity contribution in [2.75, 3.05) is 5.32 Å². The van der Waals surface area contributed by atoms with Crippen LogP contribution in [0.5, 0.6) is 0 Å². The molecule has 1 aromatic heterocycles. The number of rotatable bonds is 2. The molecule has 2 bridgehead atoms. The Morgan fingerprint density at radius 1 is 1.21 bits per heavy atom. The standard InChI is InChI=1S/C14H14F2N2O/c15-9-4-3-8(13(16)18-9)17-14(19)12-10-6-1-2-7(5-6)11(10)12/h3-4,6-7,10-12H,1-2,5H2,(H,17,19). The molecule has 100 valence electrons. The van der Waals surface area contributed by atoms with Gasteiger partial charge in [-0.15, -0.1) is 0 Å². The SMILES string of the molecule is O=C(Nc1ccc(F)nc1F)C1C2C3CCC(C3)C12. The minimum atomic E-state index is -0.956. The van der Waals surface area contributed by atoms with Gasteiger partial charge >= 0.3 is 0 Å². The fourth-order valence-corrected chi connectivity index (χ4v) is 4.40. The van der Waals surface area contributed by atoms with Gasteiger partial charge in [0, 0.05) is 5.92 Å². The smallest absolute Gasteiger partial charge is 0.239 e. The molecule has 4 atom stereocenters. The van der Waals surface area contributed by atoms with E-state index < -0.39 is 11.9 Å². The highest BCUT2D eigenvalue weighted by Crippen LogP contribution is 2.69. The van der Waals surface area contributed by atoms with Gasteiger partial charge in [-0.1, -0.05) is 0 Å². The molecule has 1 aromatic rings. The zero-order chi connectivity index (χ0) is 13.1. The van der Waals surface area contributed by atoms with Crippen LogP contribution in [0.15, 0.2) is 12.1 Å². The lowest BCUT2D eigenvalue weighted by Gasteiger charge is -2.09. The summed E-state index contributed by atoms with van der Waals surface area (Å²) in [6, 6.07) is 2.28. The average Bonchev–Trinajstić information content (AvgIpc) is 2.82. The molecular weight excluding hydrogens is 250 g/mol. The first kappa shape index (κ1) is 11.3. The molecule has 1 heterocycles. The summed E-state index contributed by atoms with van der Waals surface area (Å²) in [5.74, 6) is 0.489. The Bertz CT molecular complexity index is 546. The zero-order valence-electron chi connectivity index (χ0n) is 10.3. The van der Waals surface area contributed by atoms with E-state index in [0.717, 1.165) is 6.07 Å². The largest absolute Gasteiger partial charge is 0.322 e. The number of amides is 1. The molecule has 1 amide bonds. The van der Waals surface area contributed by atoms with Crippen molar-refractivity contribution in [1.29, 1.82) is 0 Å². The summed E-state index contributed by atoms with van der Waals surface area (Å²) in [6.07, 6.45) is 3.75. The molecule has 3 nitrogen and oxygen atoms in total. The Morgan fingerprint density at radius 3 is 2.53 bits per heavy atom. The van der Waals surface area contributed by atoms with Gasteiger partial charge in [0.1, 0.15) is 0 Å². The molecule has 0 aromatic carbocycles. The predicted molar refractivity (Wildman–Crippen MR) is 64.1 cm³/mol. The Balaban J connectivity index is 1.48. The number of hydrogen-bond acceptors (Lipinski definition) is 2. The van der Waals surface area contributed by atoms with Gasteiger partial charge in [-0.05, 0) is 55.1 Å². The molecule has 19 heavy (non-hydrogen) atoms. The van der Waals surface area contributed by atoms with Crippen LogP contribution in [-0.2, 0) is 4.79 Å². The molecule has 1 N–H and O–H groups in total. The number of hydrogen-bond donors (Lipinski definition) is 1. The second kappa shape index (κ2) is 3.74. The van der Waals surface area contributed by atoms with Crippen LogP contribution in [-0.4, -0.2) is 10.9 Å². The summed E-state index contributed by atoms with van der Waals surface area (Å²) in [6.45, 7) is 0. The van der Waals surface area contributed by atoms with Crippen LogP contribution < -0.4 is 5.32 Å². The number of carbonyl (C=O) groups is 1. The number of halogens is 2. The molecule has 0 saturated heterocycles. The Hall–Kier alpha value is -1.52. The molecule has 0 radical (unpaired) electrons. The van der Waals surface area contributed by atoms with Crippen molar-refractivity contribution in [3.8, 4) is 0 Å². The van der Waals surface area contributed by atoms with Crippen molar-refractivity contribution >= 4 is 11.6 Å². The van der Waals surface area contributed by atoms with Crippen LogP contribution in [0.3, 0.4) is 0 Å². The van der Waals surface area contributed by atoms with E-state index >= 15 is 0 Å². The maximum absolute atomic E-state index is 13.4. The molecular formula is C14H14F2N2O. The fourth-order valence-electron chi connectivity index (χ4n) is 4.40. The van der Waals surface area contributed by atoms with E-state index in [1.807, 2.05) is 0 Å². The molecule has 5 heteroatoms. The van der Waals surface area contributed by atoms with Crippen LogP contribution in [0.25, 0.3) is 0 Å². The molecule has 3 saturated carbocycles. The van der Waals surface area contributed by atoms with E-state index in [2.05, 4.69) is 10.3 Å². The molecule has 3 aliphatic rings. The normalized spacial score (nSPS) is 38.1. The minimum absolute atomic E-state index is 0.0243. The van der Waals surface area contributed by atoms with Crippen LogP contribution in [0, 0.1) is 41.5 Å². The average molecular weight is 264 g/mol. The third-order valence-electron chi connectivity index (χ3n) is 5.11. The molecule has 3 fully saturated rings. The third kappa shape index (κ3) is 1.60. The Labute approximate surface area is 109 Å². The lowest BCUT2D eigenvalue weighted by molar-refractivity contribution is -0.118. The number of aromatic nitrogens is 1. The first-order chi connectivity index (χ1) is 9.15.